The fourth-order valence-electron chi connectivity index (χ4n) is 1.16. The molecule has 0 saturated carbocycles. The number of benzene rings is 1. The summed E-state index contributed by atoms with van der Waals surface area (Å²) in [5.74, 6) is -0.372. The van der Waals surface area contributed by atoms with Gasteiger partial charge in [0.25, 0.3) is 0 Å². The van der Waals surface area contributed by atoms with Crippen LogP contribution in [-0.2, 0) is 0 Å². The number of aromatic nitrogens is 1. The fraction of sp³-hybridized carbons (Fsp3) is 0.100. The Bertz CT molecular complexity index is 481. The van der Waals surface area contributed by atoms with Gasteiger partial charge in [-0.25, -0.2) is 9.37 Å². The van der Waals surface area contributed by atoms with Crippen molar-refractivity contribution in [1.29, 1.82) is 0 Å². The summed E-state index contributed by atoms with van der Waals surface area (Å²) in [4.78, 5) is 4.18. The lowest BCUT2D eigenvalue weighted by molar-refractivity contribution is 0.632. The van der Waals surface area contributed by atoms with E-state index in [1.165, 1.54) is 17.4 Å². The van der Waals surface area contributed by atoms with E-state index < -0.39 is 0 Å². The van der Waals surface area contributed by atoms with Crippen molar-refractivity contribution in [3.8, 4) is 0 Å². The topological polar surface area (TPSA) is 50.9 Å². The van der Waals surface area contributed by atoms with Gasteiger partial charge in [0.05, 0.1) is 11.4 Å². The number of thiazole rings is 1. The Labute approximate surface area is 90.8 Å². The molecule has 2 rings (SSSR count). The zero-order valence-electron chi connectivity index (χ0n) is 8.12. The van der Waals surface area contributed by atoms with Crippen LogP contribution in [0.25, 0.3) is 0 Å². The molecule has 0 bridgehead atoms. The molecule has 0 aliphatic heterocycles. The van der Waals surface area contributed by atoms with Crippen LogP contribution < -0.4 is 11.1 Å². The predicted octanol–water partition coefficient (Wildman–Crippen LogP) is 2.92. The van der Waals surface area contributed by atoms with Gasteiger partial charge >= 0.3 is 0 Å². The molecule has 0 unspecified atom stereocenters. The summed E-state index contributed by atoms with van der Waals surface area (Å²) in [7, 11) is 0. The second-order valence-electron chi connectivity index (χ2n) is 3.16. The lowest BCUT2D eigenvalue weighted by Crippen LogP contribution is -1.95. The molecule has 0 atom stereocenters. The van der Waals surface area contributed by atoms with Crippen molar-refractivity contribution in [3.63, 3.8) is 0 Å². The van der Waals surface area contributed by atoms with Gasteiger partial charge < -0.3 is 11.1 Å². The van der Waals surface area contributed by atoms with Crippen LogP contribution in [0, 0.1) is 12.7 Å². The van der Waals surface area contributed by atoms with Crippen LogP contribution in [0.3, 0.4) is 0 Å². The Morgan fingerprint density at radius 3 is 2.87 bits per heavy atom. The third-order valence-corrected chi connectivity index (χ3v) is 2.73. The molecular formula is C10H10FN3S. The van der Waals surface area contributed by atoms with Crippen molar-refractivity contribution >= 4 is 27.8 Å². The third-order valence-electron chi connectivity index (χ3n) is 1.85. The average Bonchev–Trinajstić information content (AvgIpc) is 2.56. The number of nitrogen functional groups attached to an aromatic ring is 1. The maximum absolute atomic E-state index is 13.4. The molecule has 1 aromatic heterocycles. The molecule has 1 heterocycles. The number of nitrogens with two attached hydrogens (primary N) is 1. The largest absolute Gasteiger partial charge is 0.399 e. The second kappa shape index (κ2) is 3.86. The van der Waals surface area contributed by atoms with E-state index in [4.69, 9.17) is 5.73 Å². The van der Waals surface area contributed by atoms with Gasteiger partial charge in [0, 0.05) is 11.1 Å². The van der Waals surface area contributed by atoms with E-state index in [0.29, 0.717) is 16.5 Å². The number of rotatable bonds is 2. The van der Waals surface area contributed by atoms with E-state index in [-0.39, 0.29) is 5.82 Å². The Kier molecular flexibility index (Phi) is 2.55. The number of halogens is 1. The highest BCUT2D eigenvalue weighted by Crippen LogP contribution is 2.23. The van der Waals surface area contributed by atoms with Crippen molar-refractivity contribution in [3.05, 3.63) is 35.1 Å². The normalized spacial score (nSPS) is 10.3. The van der Waals surface area contributed by atoms with E-state index in [2.05, 4.69) is 10.3 Å². The smallest absolute Gasteiger partial charge is 0.187 e. The van der Waals surface area contributed by atoms with Crippen LogP contribution in [0.4, 0.5) is 20.9 Å². The number of aryl methyl sites for hydroxylation is 1. The average molecular weight is 223 g/mol. The first-order valence-electron chi connectivity index (χ1n) is 4.39. The molecule has 3 N–H and O–H groups in total. The van der Waals surface area contributed by atoms with Crippen molar-refractivity contribution < 1.29 is 4.39 Å². The van der Waals surface area contributed by atoms with Gasteiger partial charge in [0.2, 0.25) is 0 Å². The van der Waals surface area contributed by atoms with Gasteiger partial charge in [-0.05, 0) is 25.1 Å². The maximum atomic E-state index is 13.4. The minimum Gasteiger partial charge on any atom is -0.399 e. The van der Waals surface area contributed by atoms with Crippen LogP contribution in [0.1, 0.15) is 5.69 Å². The number of hydrogen-bond donors (Lipinski definition) is 2. The molecule has 0 saturated heterocycles. The molecule has 1 aromatic carbocycles. The molecule has 0 spiro atoms. The van der Waals surface area contributed by atoms with Gasteiger partial charge in [0.15, 0.2) is 5.13 Å². The summed E-state index contributed by atoms with van der Waals surface area (Å²) in [6.45, 7) is 1.89. The zero-order valence-corrected chi connectivity index (χ0v) is 8.94. The number of nitrogens with zero attached hydrogens (tertiary/aromatic N) is 1. The first kappa shape index (κ1) is 9.92. The molecule has 3 nitrogen and oxygen atoms in total. The van der Waals surface area contributed by atoms with Gasteiger partial charge in [-0.1, -0.05) is 0 Å². The van der Waals surface area contributed by atoms with Crippen LogP contribution in [0.15, 0.2) is 23.6 Å². The van der Waals surface area contributed by atoms with E-state index in [9.17, 15) is 4.39 Å². The first-order chi connectivity index (χ1) is 7.15. The van der Waals surface area contributed by atoms with Crippen molar-refractivity contribution in [2.45, 2.75) is 6.92 Å². The quantitative estimate of drug-likeness (QED) is 0.770. The maximum Gasteiger partial charge on any atom is 0.187 e. The highest BCUT2D eigenvalue weighted by molar-refractivity contribution is 7.13. The standard InChI is InChI=1S/C10H10FN3S/c1-6-5-15-10(13-6)14-9-3-2-7(12)4-8(9)11/h2-5H,12H2,1H3,(H,13,14). The zero-order chi connectivity index (χ0) is 10.8. The monoisotopic (exact) mass is 223 g/mol. The molecule has 2 aromatic rings. The van der Waals surface area contributed by atoms with Crippen molar-refractivity contribution in [1.82, 2.24) is 4.98 Å². The van der Waals surface area contributed by atoms with Gasteiger partial charge in [-0.3, -0.25) is 0 Å². The van der Waals surface area contributed by atoms with E-state index in [0.717, 1.165) is 5.69 Å². The summed E-state index contributed by atoms with van der Waals surface area (Å²) >= 11 is 1.44. The predicted molar refractivity (Wildman–Crippen MR) is 60.9 cm³/mol. The molecule has 5 heteroatoms. The van der Waals surface area contributed by atoms with Crippen LogP contribution >= 0.6 is 11.3 Å². The highest BCUT2D eigenvalue weighted by atomic mass is 32.1. The van der Waals surface area contributed by atoms with Gasteiger partial charge in [-0.15, -0.1) is 11.3 Å². The number of hydrogen-bond acceptors (Lipinski definition) is 4. The van der Waals surface area contributed by atoms with Crippen LogP contribution in [0.2, 0.25) is 0 Å². The second-order valence-corrected chi connectivity index (χ2v) is 4.02. The molecule has 15 heavy (non-hydrogen) atoms. The Morgan fingerprint density at radius 2 is 2.27 bits per heavy atom. The van der Waals surface area contributed by atoms with Crippen LogP contribution in [-0.4, -0.2) is 4.98 Å². The molecule has 0 fully saturated rings. The summed E-state index contributed by atoms with van der Waals surface area (Å²) < 4.78 is 13.4. The van der Waals surface area contributed by atoms with Gasteiger partial charge in [-0.2, -0.15) is 0 Å². The summed E-state index contributed by atoms with van der Waals surface area (Å²) in [5, 5.41) is 5.47. The third kappa shape index (κ3) is 2.24. The molecule has 0 aliphatic carbocycles. The number of anilines is 3. The fourth-order valence-corrected chi connectivity index (χ4v) is 1.86. The van der Waals surface area contributed by atoms with Crippen molar-refractivity contribution in [2.24, 2.45) is 0 Å². The van der Waals surface area contributed by atoms with E-state index in [1.807, 2.05) is 12.3 Å². The Balaban J connectivity index is 2.24. The SMILES string of the molecule is Cc1csc(Nc2ccc(N)cc2F)n1. The molecule has 78 valence electrons. The highest BCUT2D eigenvalue weighted by Gasteiger charge is 2.04. The lowest BCUT2D eigenvalue weighted by Gasteiger charge is -2.04. The first-order valence-corrected chi connectivity index (χ1v) is 5.27. The van der Waals surface area contributed by atoms with Crippen molar-refractivity contribution in [2.75, 3.05) is 11.1 Å². The minimum atomic E-state index is -0.372. The molecule has 0 aliphatic rings. The number of nitrogens with one attached hydrogen (secondary N) is 1. The summed E-state index contributed by atoms with van der Waals surface area (Å²) in [6.07, 6.45) is 0. The summed E-state index contributed by atoms with van der Waals surface area (Å²) in [6, 6.07) is 4.52. The lowest BCUT2D eigenvalue weighted by atomic mass is 10.3. The van der Waals surface area contributed by atoms with E-state index in [1.54, 1.807) is 12.1 Å². The molecular weight excluding hydrogens is 213 g/mol. The van der Waals surface area contributed by atoms with E-state index >= 15 is 0 Å². The molecule has 0 radical (unpaired) electrons. The molecule has 0 amide bonds. The Hall–Kier alpha value is -1.62. The Morgan fingerprint density at radius 1 is 1.47 bits per heavy atom. The van der Waals surface area contributed by atoms with Crippen LogP contribution in [0.5, 0.6) is 0 Å². The van der Waals surface area contributed by atoms with Gasteiger partial charge in [0.1, 0.15) is 5.82 Å². The minimum absolute atomic E-state index is 0.372. The summed E-state index contributed by atoms with van der Waals surface area (Å²) in [5.41, 5.74) is 7.16.